The number of ether oxygens (including phenoxy) is 1. The number of carbonyl (C=O) groups excluding carboxylic acids is 1. The largest absolute Gasteiger partial charge is 0.495 e. The number of rotatable bonds is 7. The number of nitrogens with one attached hydrogen (secondary N) is 1. The van der Waals surface area contributed by atoms with Crippen LogP contribution in [0, 0.1) is 0 Å². The molecule has 1 fully saturated rings. The molecule has 2 heterocycles. The molecule has 4 rings (SSSR count). The molecule has 0 atom stereocenters. The molecule has 0 aliphatic carbocycles. The van der Waals surface area contributed by atoms with Gasteiger partial charge >= 0.3 is 5.76 Å². The molecule has 30 heavy (non-hydrogen) atoms. The van der Waals surface area contributed by atoms with Crippen LogP contribution in [0.4, 0.5) is 5.69 Å². The van der Waals surface area contributed by atoms with Gasteiger partial charge in [-0.1, -0.05) is 24.3 Å². The summed E-state index contributed by atoms with van der Waals surface area (Å²) < 4.78 is 12.0. The summed E-state index contributed by atoms with van der Waals surface area (Å²) in [5.41, 5.74) is 2.24. The van der Waals surface area contributed by atoms with Gasteiger partial charge in [0.1, 0.15) is 12.3 Å². The zero-order chi connectivity index (χ0) is 20.9. The smallest absolute Gasteiger partial charge is 0.420 e. The number of nitrogens with zero attached hydrogens (tertiary/aromatic N) is 3. The van der Waals surface area contributed by atoms with Gasteiger partial charge in [0.05, 0.1) is 18.3 Å². The summed E-state index contributed by atoms with van der Waals surface area (Å²) in [7, 11) is 1.69. The van der Waals surface area contributed by atoms with E-state index >= 15 is 0 Å². The van der Waals surface area contributed by atoms with Gasteiger partial charge in [0.2, 0.25) is 5.91 Å². The number of piperazine rings is 1. The van der Waals surface area contributed by atoms with Crippen LogP contribution in [-0.2, 0) is 11.3 Å². The van der Waals surface area contributed by atoms with Crippen LogP contribution in [0.25, 0.3) is 11.1 Å². The van der Waals surface area contributed by atoms with Crippen molar-refractivity contribution in [1.29, 1.82) is 0 Å². The number of hydrogen-bond acceptors (Lipinski definition) is 6. The Morgan fingerprint density at radius 3 is 2.60 bits per heavy atom. The molecule has 1 N–H and O–H groups in total. The molecular formula is C22H26N4O4. The lowest BCUT2D eigenvalue weighted by Gasteiger charge is -2.36. The second kappa shape index (κ2) is 9.04. The zero-order valence-corrected chi connectivity index (χ0v) is 17.0. The summed E-state index contributed by atoms with van der Waals surface area (Å²) >= 11 is 0. The van der Waals surface area contributed by atoms with Gasteiger partial charge in [0, 0.05) is 39.3 Å². The number of aromatic nitrogens is 1. The van der Waals surface area contributed by atoms with Crippen LogP contribution >= 0.6 is 0 Å². The van der Waals surface area contributed by atoms with E-state index in [1.165, 1.54) is 4.57 Å². The van der Waals surface area contributed by atoms with E-state index in [4.69, 9.17) is 9.15 Å². The highest BCUT2D eigenvalue weighted by atomic mass is 16.5. The molecule has 8 heteroatoms. The normalized spacial score (nSPS) is 14.8. The Bertz CT molecular complexity index is 1070. The van der Waals surface area contributed by atoms with Gasteiger partial charge in [-0.3, -0.25) is 14.3 Å². The van der Waals surface area contributed by atoms with Crippen molar-refractivity contribution in [1.82, 2.24) is 14.8 Å². The van der Waals surface area contributed by atoms with Gasteiger partial charge in [-0.05, 0) is 24.3 Å². The molecule has 0 bridgehead atoms. The first-order valence-electron chi connectivity index (χ1n) is 10.1. The van der Waals surface area contributed by atoms with Crippen LogP contribution in [0.5, 0.6) is 5.75 Å². The van der Waals surface area contributed by atoms with Crippen molar-refractivity contribution in [3.63, 3.8) is 0 Å². The molecule has 0 radical (unpaired) electrons. The summed E-state index contributed by atoms with van der Waals surface area (Å²) in [4.78, 5) is 28.9. The Morgan fingerprint density at radius 1 is 1.07 bits per heavy atom. The third-order valence-corrected chi connectivity index (χ3v) is 5.42. The lowest BCUT2D eigenvalue weighted by Crippen LogP contribution is -2.48. The van der Waals surface area contributed by atoms with E-state index < -0.39 is 5.76 Å². The van der Waals surface area contributed by atoms with Crippen molar-refractivity contribution in [3.8, 4) is 5.75 Å². The molecule has 1 aliphatic rings. The molecular weight excluding hydrogens is 384 g/mol. The number of carbonyl (C=O) groups is 1. The highest BCUT2D eigenvalue weighted by Gasteiger charge is 2.19. The molecule has 1 aliphatic heterocycles. The lowest BCUT2D eigenvalue weighted by atomic mass is 10.2. The Morgan fingerprint density at radius 2 is 1.80 bits per heavy atom. The van der Waals surface area contributed by atoms with E-state index in [0.29, 0.717) is 17.6 Å². The topological polar surface area (TPSA) is 80.0 Å². The number of benzene rings is 2. The van der Waals surface area contributed by atoms with E-state index in [1.807, 2.05) is 24.3 Å². The first-order chi connectivity index (χ1) is 14.7. The van der Waals surface area contributed by atoms with Gasteiger partial charge in [-0.2, -0.15) is 0 Å². The van der Waals surface area contributed by atoms with Crippen molar-refractivity contribution >= 4 is 22.7 Å². The van der Waals surface area contributed by atoms with E-state index in [2.05, 4.69) is 21.2 Å². The fourth-order valence-corrected chi connectivity index (χ4v) is 3.82. The third kappa shape index (κ3) is 4.33. The monoisotopic (exact) mass is 410 g/mol. The Kier molecular flexibility index (Phi) is 6.04. The molecule has 3 aromatic rings. The molecule has 1 amide bonds. The van der Waals surface area contributed by atoms with Crippen LogP contribution in [0.1, 0.15) is 0 Å². The Labute approximate surface area is 174 Å². The van der Waals surface area contributed by atoms with Crippen LogP contribution in [0.2, 0.25) is 0 Å². The maximum Gasteiger partial charge on any atom is 0.420 e. The standard InChI is InChI=1S/C22H26N4O4/c1-29-19-8-4-2-6-17(19)25-14-12-24(13-15-25)11-10-23-21(27)16-26-18-7-3-5-9-20(18)30-22(26)28/h2-9H,10-16H2,1H3,(H,23,27). The molecule has 2 aromatic carbocycles. The van der Waals surface area contributed by atoms with E-state index in [0.717, 1.165) is 44.2 Å². The van der Waals surface area contributed by atoms with Crippen molar-refractivity contribution in [2.45, 2.75) is 6.54 Å². The predicted octanol–water partition coefficient (Wildman–Crippen LogP) is 1.54. The number of amides is 1. The maximum absolute atomic E-state index is 12.3. The summed E-state index contributed by atoms with van der Waals surface area (Å²) in [5.74, 6) is 0.176. The highest BCUT2D eigenvalue weighted by molar-refractivity contribution is 5.79. The van der Waals surface area contributed by atoms with Crippen LogP contribution in [-0.4, -0.2) is 61.8 Å². The summed E-state index contributed by atoms with van der Waals surface area (Å²) in [6, 6.07) is 15.2. The molecule has 1 saturated heterocycles. The van der Waals surface area contributed by atoms with E-state index in [9.17, 15) is 9.59 Å². The molecule has 0 unspecified atom stereocenters. The van der Waals surface area contributed by atoms with Crippen molar-refractivity contribution in [2.75, 3.05) is 51.3 Å². The van der Waals surface area contributed by atoms with Crippen LogP contribution < -0.4 is 20.7 Å². The number of hydrogen-bond donors (Lipinski definition) is 1. The second-order valence-electron chi connectivity index (χ2n) is 7.27. The predicted molar refractivity (Wildman–Crippen MR) is 115 cm³/mol. The highest BCUT2D eigenvalue weighted by Crippen LogP contribution is 2.28. The number of para-hydroxylation sites is 4. The fraction of sp³-hybridized carbons (Fsp3) is 0.364. The first-order valence-corrected chi connectivity index (χ1v) is 10.1. The summed E-state index contributed by atoms with van der Waals surface area (Å²) in [5, 5.41) is 2.91. The summed E-state index contributed by atoms with van der Waals surface area (Å²) in [6.45, 7) is 4.91. The minimum Gasteiger partial charge on any atom is -0.495 e. The van der Waals surface area contributed by atoms with Crippen molar-refractivity contribution in [2.24, 2.45) is 0 Å². The number of anilines is 1. The molecule has 0 saturated carbocycles. The maximum atomic E-state index is 12.3. The average molecular weight is 410 g/mol. The Hall–Kier alpha value is -3.26. The minimum absolute atomic E-state index is 0.0442. The summed E-state index contributed by atoms with van der Waals surface area (Å²) in [6.07, 6.45) is 0. The second-order valence-corrected chi connectivity index (χ2v) is 7.27. The van der Waals surface area contributed by atoms with E-state index in [-0.39, 0.29) is 12.5 Å². The SMILES string of the molecule is COc1ccccc1N1CCN(CCNC(=O)Cn2c(=O)oc3ccccc32)CC1. The van der Waals surface area contributed by atoms with E-state index in [1.54, 1.807) is 25.3 Å². The molecule has 0 spiro atoms. The first kappa shape index (κ1) is 20.0. The van der Waals surface area contributed by atoms with Gasteiger partial charge in [0.25, 0.3) is 0 Å². The number of fused-ring (bicyclic) bond motifs is 1. The van der Waals surface area contributed by atoms with Gasteiger partial charge in [-0.15, -0.1) is 0 Å². The molecule has 1 aromatic heterocycles. The Balaban J connectivity index is 1.24. The van der Waals surface area contributed by atoms with Gasteiger partial charge in [0.15, 0.2) is 5.58 Å². The van der Waals surface area contributed by atoms with Crippen molar-refractivity contribution < 1.29 is 13.9 Å². The lowest BCUT2D eigenvalue weighted by molar-refractivity contribution is -0.121. The van der Waals surface area contributed by atoms with Crippen molar-refractivity contribution in [3.05, 3.63) is 59.1 Å². The van der Waals surface area contributed by atoms with Gasteiger partial charge in [-0.25, -0.2) is 4.79 Å². The molecule has 158 valence electrons. The fourth-order valence-electron chi connectivity index (χ4n) is 3.82. The zero-order valence-electron chi connectivity index (χ0n) is 17.0. The van der Waals surface area contributed by atoms with Gasteiger partial charge < -0.3 is 19.4 Å². The molecule has 8 nitrogen and oxygen atoms in total. The minimum atomic E-state index is -0.515. The number of oxazole rings is 1. The van der Waals surface area contributed by atoms with Crippen LogP contribution in [0.3, 0.4) is 0 Å². The third-order valence-electron chi connectivity index (χ3n) is 5.42. The average Bonchev–Trinajstić information content (AvgIpc) is 3.09. The number of methoxy groups -OCH3 is 1. The quantitative estimate of drug-likeness (QED) is 0.637. The van der Waals surface area contributed by atoms with Crippen LogP contribution in [0.15, 0.2) is 57.7 Å².